The zero-order chi connectivity index (χ0) is 17.2. The third kappa shape index (κ3) is 8.49. The lowest BCUT2D eigenvalue weighted by atomic mass is 10.1. The lowest BCUT2D eigenvalue weighted by molar-refractivity contribution is -0.115. The van der Waals surface area contributed by atoms with Gasteiger partial charge in [-0.3, -0.25) is 9.59 Å². The summed E-state index contributed by atoms with van der Waals surface area (Å²) < 4.78 is 4.88. The van der Waals surface area contributed by atoms with E-state index in [9.17, 15) is 9.59 Å². The molecule has 24 heavy (non-hydrogen) atoms. The quantitative estimate of drug-likeness (QED) is 0.577. The van der Waals surface area contributed by atoms with Gasteiger partial charge in [0.2, 0.25) is 5.91 Å². The number of rotatable bonds is 9. The first-order valence-corrected chi connectivity index (χ1v) is 7.89. The van der Waals surface area contributed by atoms with Gasteiger partial charge in [-0.05, 0) is 24.1 Å². The van der Waals surface area contributed by atoms with Crippen molar-refractivity contribution in [3.8, 4) is 0 Å². The number of hydrogen-bond acceptors (Lipinski definition) is 4. The molecule has 0 heterocycles. The van der Waals surface area contributed by atoms with Gasteiger partial charge in [0, 0.05) is 25.9 Å². The number of nitrogens with one attached hydrogen (secondary N) is 3. The van der Waals surface area contributed by atoms with Gasteiger partial charge in [0.15, 0.2) is 0 Å². The molecule has 1 aromatic rings. The van der Waals surface area contributed by atoms with Crippen molar-refractivity contribution >= 4 is 41.5 Å². The van der Waals surface area contributed by atoms with E-state index in [-0.39, 0.29) is 30.8 Å². The standard InChI is InChI=1S/C16H24ClN3O3.ClH/c1-11(2)9-19-16(22)13-5-4-12(8-14(13)17)20-15(21)10-18-6-7-23-3;/h4-5,8,11,18H,6-7,9-10H2,1-3H3,(H,19,22)(H,20,21);1H. The zero-order valence-electron chi connectivity index (χ0n) is 14.1. The van der Waals surface area contributed by atoms with Crippen LogP contribution >= 0.6 is 24.0 Å². The monoisotopic (exact) mass is 377 g/mol. The fourth-order valence-electron chi connectivity index (χ4n) is 1.75. The third-order valence-electron chi connectivity index (χ3n) is 2.94. The molecule has 8 heteroatoms. The molecule has 0 aliphatic rings. The van der Waals surface area contributed by atoms with Crippen LogP contribution < -0.4 is 16.0 Å². The highest BCUT2D eigenvalue weighted by Gasteiger charge is 2.12. The summed E-state index contributed by atoms with van der Waals surface area (Å²) in [5.41, 5.74) is 0.942. The maximum atomic E-state index is 12.0. The molecule has 2 amide bonds. The summed E-state index contributed by atoms with van der Waals surface area (Å²) in [5.74, 6) is -0.0427. The van der Waals surface area contributed by atoms with Gasteiger partial charge in [0.05, 0.1) is 23.7 Å². The topological polar surface area (TPSA) is 79.5 Å². The van der Waals surface area contributed by atoms with E-state index in [4.69, 9.17) is 16.3 Å². The van der Waals surface area contributed by atoms with Crippen LogP contribution in [0, 0.1) is 5.92 Å². The number of anilines is 1. The van der Waals surface area contributed by atoms with E-state index in [1.54, 1.807) is 25.3 Å². The number of halogens is 2. The summed E-state index contributed by atoms with van der Waals surface area (Å²) in [6.45, 7) is 5.93. The summed E-state index contributed by atoms with van der Waals surface area (Å²) in [5, 5.41) is 8.77. The highest BCUT2D eigenvalue weighted by Crippen LogP contribution is 2.21. The minimum Gasteiger partial charge on any atom is -0.383 e. The SMILES string of the molecule is COCCNCC(=O)Nc1ccc(C(=O)NCC(C)C)c(Cl)c1.Cl. The zero-order valence-corrected chi connectivity index (χ0v) is 15.7. The molecule has 1 aromatic carbocycles. The molecule has 0 fully saturated rings. The molecule has 0 bridgehead atoms. The predicted molar refractivity (Wildman–Crippen MR) is 99.2 cm³/mol. The van der Waals surface area contributed by atoms with Crippen molar-refractivity contribution in [1.29, 1.82) is 0 Å². The van der Waals surface area contributed by atoms with Crippen LogP contribution in [0.3, 0.4) is 0 Å². The van der Waals surface area contributed by atoms with Gasteiger partial charge in [-0.25, -0.2) is 0 Å². The number of hydrogen-bond donors (Lipinski definition) is 3. The van der Waals surface area contributed by atoms with Crippen LogP contribution in [0.5, 0.6) is 0 Å². The molecule has 0 aliphatic heterocycles. The molecule has 6 nitrogen and oxygen atoms in total. The van der Waals surface area contributed by atoms with Crippen molar-refractivity contribution in [2.45, 2.75) is 13.8 Å². The van der Waals surface area contributed by atoms with E-state index >= 15 is 0 Å². The fourth-order valence-corrected chi connectivity index (χ4v) is 2.02. The summed E-state index contributed by atoms with van der Waals surface area (Å²) in [7, 11) is 1.60. The van der Waals surface area contributed by atoms with Crippen molar-refractivity contribution in [3.05, 3.63) is 28.8 Å². The Morgan fingerprint density at radius 1 is 1.29 bits per heavy atom. The largest absolute Gasteiger partial charge is 0.383 e. The molecule has 0 atom stereocenters. The normalized spacial score (nSPS) is 10.2. The average molecular weight is 378 g/mol. The second-order valence-electron chi connectivity index (χ2n) is 5.52. The summed E-state index contributed by atoms with van der Waals surface area (Å²) in [6, 6.07) is 4.83. The Labute approximate surface area is 154 Å². The van der Waals surface area contributed by atoms with Crippen LogP contribution in [0.1, 0.15) is 24.2 Å². The van der Waals surface area contributed by atoms with Gasteiger partial charge >= 0.3 is 0 Å². The van der Waals surface area contributed by atoms with Crippen LogP contribution in [0.15, 0.2) is 18.2 Å². The molecular formula is C16H25Cl2N3O3. The molecule has 0 saturated carbocycles. The Balaban J connectivity index is 0.00000529. The summed E-state index contributed by atoms with van der Waals surface area (Å²) in [4.78, 5) is 23.7. The molecule has 0 saturated heterocycles. The second-order valence-corrected chi connectivity index (χ2v) is 5.92. The van der Waals surface area contributed by atoms with Crippen LogP contribution in [0.4, 0.5) is 5.69 Å². The number of amides is 2. The van der Waals surface area contributed by atoms with Crippen molar-refractivity contribution < 1.29 is 14.3 Å². The van der Waals surface area contributed by atoms with E-state index in [2.05, 4.69) is 16.0 Å². The minimum absolute atomic E-state index is 0. The second kappa shape index (κ2) is 12.1. The lowest BCUT2D eigenvalue weighted by Gasteiger charge is -2.11. The first-order valence-electron chi connectivity index (χ1n) is 7.51. The highest BCUT2D eigenvalue weighted by molar-refractivity contribution is 6.34. The Bertz CT molecular complexity index is 539. The molecule has 0 aliphatic carbocycles. The number of methoxy groups -OCH3 is 1. The van der Waals surface area contributed by atoms with Gasteiger partial charge in [0.25, 0.3) is 5.91 Å². The maximum absolute atomic E-state index is 12.0. The molecule has 3 N–H and O–H groups in total. The van der Waals surface area contributed by atoms with Gasteiger partial charge in [-0.15, -0.1) is 12.4 Å². The van der Waals surface area contributed by atoms with Gasteiger partial charge in [-0.1, -0.05) is 25.4 Å². The fraction of sp³-hybridized carbons (Fsp3) is 0.500. The number of carbonyl (C=O) groups is 2. The molecule has 136 valence electrons. The van der Waals surface area contributed by atoms with Crippen molar-refractivity contribution in [2.75, 3.05) is 38.7 Å². The van der Waals surface area contributed by atoms with Gasteiger partial charge in [-0.2, -0.15) is 0 Å². The van der Waals surface area contributed by atoms with Crippen LogP contribution in [-0.4, -0.2) is 45.2 Å². The van der Waals surface area contributed by atoms with Crippen LogP contribution in [0.2, 0.25) is 5.02 Å². The minimum atomic E-state index is -0.220. The average Bonchev–Trinajstić information content (AvgIpc) is 2.49. The summed E-state index contributed by atoms with van der Waals surface area (Å²) >= 11 is 6.12. The van der Waals surface area contributed by atoms with Crippen LogP contribution in [-0.2, 0) is 9.53 Å². The van der Waals surface area contributed by atoms with Crippen molar-refractivity contribution in [2.24, 2.45) is 5.92 Å². The Kier molecular flexibility index (Phi) is 11.4. The number of ether oxygens (including phenoxy) is 1. The van der Waals surface area contributed by atoms with E-state index in [0.29, 0.717) is 41.9 Å². The van der Waals surface area contributed by atoms with E-state index < -0.39 is 0 Å². The van der Waals surface area contributed by atoms with E-state index in [1.807, 2.05) is 13.8 Å². The van der Waals surface area contributed by atoms with Crippen LogP contribution in [0.25, 0.3) is 0 Å². The van der Waals surface area contributed by atoms with E-state index in [1.165, 1.54) is 0 Å². The van der Waals surface area contributed by atoms with Gasteiger partial charge in [0.1, 0.15) is 0 Å². The van der Waals surface area contributed by atoms with Crippen molar-refractivity contribution in [1.82, 2.24) is 10.6 Å². The Hall–Kier alpha value is -1.34. The molecule has 0 unspecified atom stereocenters. The molecular weight excluding hydrogens is 353 g/mol. The van der Waals surface area contributed by atoms with Gasteiger partial charge < -0.3 is 20.7 Å². The smallest absolute Gasteiger partial charge is 0.252 e. The highest BCUT2D eigenvalue weighted by atomic mass is 35.5. The molecule has 1 rings (SSSR count). The first-order chi connectivity index (χ1) is 10.9. The van der Waals surface area contributed by atoms with E-state index in [0.717, 1.165) is 0 Å². The maximum Gasteiger partial charge on any atom is 0.252 e. The predicted octanol–water partition coefficient (Wildman–Crippen LogP) is 2.32. The number of carbonyl (C=O) groups excluding carboxylic acids is 2. The molecule has 0 spiro atoms. The molecule has 0 radical (unpaired) electrons. The molecule has 0 aromatic heterocycles. The summed E-state index contributed by atoms with van der Waals surface area (Å²) in [6.07, 6.45) is 0. The van der Waals surface area contributed by atoms with Crippen molar-refractivity contribution in [3.63, 3.8) is 0 Å². The Morgan fingerprint density at radius 3 is 2.58 bits per heavy atom. The first kappa shape index (κ1) is 22.7. The Morgan fingerprint density at radius 2 is 2.00 bits per heavy atom. The third-order valence-corrected chi connectivity index (χ3v) is 3.25. The lowest BCUT2D eigenvalue weighted by Crippen LogP contribution is -2.30. The number of benzene rings is 1.